The van der Waals surface area contributed by atoms with Gasteiger partial charge in [0.05, 0.1) is 10.5 Å². The Balaban J connectivity index is 1.19. The van der Waals surface area contributed by atoms with Gasteiger partial charge in [-0.25, -0.2) is 0 Å². The van der Waals surface area contributed by atoms with E-state index in [1.54, 1.807) is 9.80 Å². The minimum Gasteiger partial charge on any atom is -0.382 e. The number of likely N-dealkylation sites (tertiary alicyclic amines) is 1. The fourth-order valence-corrected chi connectivity index (χ4v) is 5.09. The number of piperidine rings is 1. The lowest BCUT2D eigenvalue weighted by molar-refractivity contribution is -0.388. The smallest absolute Gasteiger partial charge is 0.382 e. The molecule has 0 unspecified atom stereocenters. The Morgan fingerprint density at radius 3 is 2.02 bits per heavy atom. The highest BCUT2D eigenvalue weighted by Crippen LogP contribution is 2.38. The van der Waals surface area contributed by atoms with Gasteiger partial charge in [0, 0.05) is 75.6 Å². The fourth-order valence-electron chi connectivity index (χ4n) is 5.09. The number of hydrogen-bond donors (Lipinski definition) is 1. The van der Waals surface area contributed by atoms with E-state index in [9.17, 15) is 46.0 Å². The quantitative estimate of drug-likeness (QED) is 0.276. The van der Waals surface area contributed by atoms with Gasteiger partial charge in [0.1, 0.15) is 5.56 Å². The molecule has 228 valence electrons. The zero-order valence-electron chi connectivity index (χ0n) is 22.4. The molecule has 0 radical (unpaired) electrons. The monoisotopic (exact) mass is 601 g/mol. The molecule has 0 saturated carbocycles. The van der Waals surface area contributed by atoms with Crippen molar-refractivity contribution < 1.29 is 40.9 Å². The molecule has 0 atom stereocenters. The maximum Gasteiger partial charge on any atom is 0.423 e. The van der Waals surface area contributed by atoms with E-state index in [-0.39, 0.29) is 35.5 Å². The number of hydrogen-bond acceptors (Lipinski definition) is 6. The summed E-state index contributed by atoms with van der Waals surface area (Å²) in [6, 6.07) is 6.69. The number of nitro benzene ring substituents is 1. The van der Waals surface area contributed by atoms with Gasteiger partial charge in [-0.3, -0.25) is 24.6 Å². The SMILES string of the molecule is O=C(CCN1CCN(C(=O)c2ccc(C(F)(F)F)cc2)CC1)N1CCC(Nc2ccc([N+](=O)[O-])c(C(F)(F)F)c2)CC1. The van der Waals surface area contributed by atoms with Crippen LogP contribution in [0.1, 0.15) is 40.7 Å². The zero-order valence-corrected chi connectivity index (χ0v) is 22.4. The summed E-state index contributed by atoms with van der Waals surface area (Å²) in [5, 5.41) is 13.9. The van der Waals surface area contributed by atoms with E-state index in [4.69, 9.17) is 0 Å². The van der Waals surface area contributed by atoms with Gasteiger partial charge in [-0.2, -0.15) is 26.3 Å². The molecule has 42 heavy (non-hydrogen) atoms. The molecule has 9 nitrogen and oxygen atoms in total. The van der Waals surface area contributed by atoms with Gasteiger partial charge in [-0.15, -0.1) is 0 Å². The van der Waals surface area contributed by atoms with Crippen molar-refractivity contribution >= 4 is 23.2 Å². The number of nitrogens with zero attached hydrogens (tertiary/aromatic N) is 4. The van der Waals surface area contributed by atoms with Crippen LogP contribution in [0.5, 0.6) is 0 Å². The number of anilines is 1. The third kappa shape index (κ3) is 7.69. The van der Waals surface area contributed by atoms with Crippen molar-refractivity contribution in [2.24, 2.45) is 0 Å². The number of piperazine rings is 1. The Hall–Kier alpha value is -3.88. The van der Waals surface area contributed by atoms with Crippen LogP contribution >= 0.6 is 0 Å². The topological polar surface area (TPSA) is 99.0 Å². The molecule has 2 fully saturated rings. The maximum absolute atomic E-state index is 13.3. The molecule has 2 aromatic rings. The van der Waals surface area contributed by atoms with Crippen LogP contribution in [0, 0.1) is 10.1 Å². The van der Waals surface area contributed by atoms with E-state index in [2.05, 4.69) is 5.32 Å². The van der Waals surface area contributed by atoms with Crippen molar-refractivity contribution in [3.05, 3.63) is 69.3 Å². The van der Waals surface area contributed by atoms with Crippen LogP contribution in [0.3, 0.4) is 0 Å². The van der Waals surface area contributed by atoms with Crippen molar-refractivity contribution in [1.82, 2.24) is 14.7 Å². The van der Waals surface area contributed by atoms with E-state index in [1.807, 2.05) is 4.90 Å². The second kappa shape index (κ2) is 12.5. The van der Waals surface area contributed by atoms with Crippen molar-refractivity contribution in [2.45, 2.75) is 37.7 Å². The Kier molecular flexibility index (Phi) is 9.28. The van der Waals surface area contributed by atoms with Gasteiger partial charge < -0.3 is 15.1 Å². The third-order valence-electron chi connectivity index (χ3n) is 7.48. The van der Waals surface area contributed by atoms with Crippen LogP contribution in [-0.2, 0) is 17.1 Å². The summed E-state index contributed by atoms with van der Waals surface area (Å²) in [6.45, 7) is 3.08. The van der Waals surface area contributed by atoms with E-state index < -0.39 is 34.1 Å². The van der Waals surface area contributed by atoms with E-state index >= 15 is 0 Å². The van der Waals surface area contributed by atoms with E-state index in [1.165, 1.54) is 18.2 Å². The van der Waals surface area contributed by atoms with Crippen molar-refractivity contribution in [2.75, 3.05) is 51.1 Å². The normalized spacial score (nSPS) is 17.3. The Morgan fingerprint density at radius 1 is 0.857 bits per heavy atom. The first-order chi connectivity index (χ1) is 19.7. The lowest BCUT2D eigenvalue weighted by atomic mass is 10.0. The van der Waals surface area contributed by atoms with Gasteiger partial charge in [-0.05, 0) is 49.2 Å². The first-order valence-electron chi connectivity index (χ1n) is 13.3. The van der Waals surface area contributed by atoms with Crippen LogP contribution in [0.25, 0.3) is 0 Å². The molecule has 2 saturated heterocycles. The number of halogens is 6. The molecule has 1 N–H and O–H groups in total. The van der Waals surface area contributed by atoms with Crippen LogP contribution in [-0.4, -0.2) is 83.3 Å². The molecule has 0 aliphatic carbocycles. The maximum atomic E-state index is 13.3. The van der Waals surface area contributed by atoms with Gasteiger partial charge in [0.25, 0.3) is 11.6 Å². The summed E-state index contributed by atoms with van der Waals surface area (Å²) in [5.41, 5.74) is -2.86. The summed E-state index contributed by atoms with van der Waals surface area (Å²) in [6.07, 6.45) is -8.10. The number of alkyl halides is 6. The molecule has 2 amide bonds. The molecule has 2 heterocycles. The molecule has 2 aromatic carbocycles. The van der Waals surface area contributed by atoms with Crippen molar-refractivity contribution in [3.8, 4) is 0 Å². The van der Waals surface area contributed by atoms with Crippen LogP contribution < -0.4 is 5.32 Å². The lowest BCUT2D eigenvalue weighted by Crippen LogP contribution is -2.49. The average Bonchev–Trinajstić information content (AvgIpc) is 2.95. The van der Waals surface area contributed by atoms with Gasteiger partial charge >= 0.3 is 12.4 Å². The number of carbonyl (C=O) groups is 2. The minimum atomic E-state index is -4.87. The minimum absolute atomic E-state index is 0.0635. The fraction of sp³-hybridized carbons (Fsp3) is 0.481. The lowest BCUT2D eigenvalue weighted by Gasteiger charge is -2.36. The molecular formula is C27H29F6N5O4. The summed E-state index contributed by atoms with van der Waals surface area (Å²) in [4.78, 5) is 40.6. The van der Waals surface area contributed by atoms with Gasteiger partial charge in [-0.1, -0.05) is 0 Å². The largest absolute Gasteiger partial charge is 0.423 e. The number of rotatable bonds is 7. The summed E-state index contributed by atoms with van der Waals surface area (Å²) >= 11 is 0. The zero-order chi connectivity index (χ0) is 30.7. The number of nitrogens with one attached hydrogen (secondary N) is 1. The summed E-state index contributed by atoms with van der Waals surface area (Å²) < 4.78 is 78.1. The molecule has 0 aromatic heterocycles. The number of amides is 2. The predicted octanol–water partition coefficient (Wildman–Crippen LogP) is 4.88. The van der Waals surface area contributed by atoms with Crippen LogP contribution in [0.4, 0.5) is 37.7 Å². The first-order valence-corrected chi connectivity index (χ1v) is 13.3. The third-order valence-corrected chi connectivity index (χ3v) is 7.48. The molecule has 2 aliphatic rings. The van der Waals surface area contributed by atoms with E-state index in [0.29, 0.717) is 58.7 Å². The van der Waals surface area contributed by atoms with E-state index in [0.717, 1.165) is 24.3 Å². The second-order valence-electron chi connectivity index (χ2n) is 10.2. The highest BCUT2D eigenvalue weighted by atomic mass is 19.4. The van der Waals surface area contributed by atoms with Crippen molar-refractivity contribution in [1.29, 1.82) is 0 Å². The Morgan fingerprint density at radius 2 is 1.48 bits per heavy atom. The molecular weight excluding hydrogens is 572 g/mol. The van der Waals surface area contributed by atoms with Crippen LogP contribution in [0.15, 0.2) is 42.5 Å². The first kappa shape index (κ1) is 31.1. The summed E-state index contributed by atoms with van der Waals surface area (Å²) in [7, 11) is 0. The molecule has 15 heteroatoms. The summed E-state index contributed by atoms with van der Waals surface area (Å²) in [5.74, 6) is -0.411. The van der Waals surface area contributed by atoms with Gasteiger partial charge in [0.2, 0.25) is 5.91 Å². The Labute approximate surface area is 237 Å². The highest BCUT2D eigenvalue weighted by molar-refractivity contribution is 5.94. The second-order valence-corrected chi connectivity index (χ2v) is 10.2. The van der Waals surface area contributed by atoms with Crippen LogP contribution in [0.2, 0.25) is 0 Å². The number of nitro groups is 1. The van der Waals surface area contributed by atoms with Gasteiger partial charge in [0.15, 0.2) is 0 Å². The van der Waals surface area contributed by atoms with Crippen molar-refractivity contribution in [3.63, 3.8) is 0 Å². The highest BCUT2D eigenvalue weighted by Gasteiger charge is 2.38. The predicted molar refractivity (Wildman–Crippen MR) is 140 cm³/mol. The molecule has 4 rings (SSSR count). The number of carbonyl (C=O) groups excluding carboxylic acids is 2. The standard InChI is InChI=1S/C27H29F6N5O4/c28-26(29,30)19-3-1-18(2-4-19)25(40)37-15-13-35(14-16-37)10-9-24(39)36-11-7-20(8-12-36)34-21-5-6-23(38(41)42)22(17-21)27(31,32)33/h1-6,17,20,34H,7-16H2. The molecule has 0 bridgehead atoms. The molecule has 2 aliphatic heterocycles. The Bertz CT molecular complexity index is 1290. The average molecular weight is 602 g/mol. The number of benzene rings is 2. The molecule has 0 spiro atoms.